The first-order valence-corrected chi connectivity index (χ1v) is 11.0. The van der Waals surface area contributed by atoms with Crippen molar-refractivity contribution in [2.45, 2.75) is 13.3 Å². The lowest BCUT2D eigenvalue weighted by Gasteiger charge is -2.13. The average molecular weight is 471 g/mol. The lowest BCUT2D eigenvalue weighted by molar-refractivity contribution is 0.0698. The smallest absolute Gasteiger partial charge is 0.337 e. The number of pyridine rings is 2. The number of hydrogen-bond donors (Lipinski definition) is 2. The number of carbonyl (C=O) groups is 1. The van der Waals surface area contributed by atoms with Gasteiger partial charge in [0, 0.05) is 53.9 Å². The van der Waals surface area contributed by atoms with Crippen LogP contribution in [0, 0.1) is 12.9 Å². The van der Waals surface area contributed by atoms with E-state index in [2.05, 4.69) is 15.4 Å². The van der Waals surface area contributed by atoms with E-state index in [0.717, 1.165) is 21.9 Å². The number of anilines is 1. The van der Waals surface area contributed by atoms with Crippen molar-refractivity contribution in [2.24, 2.45) is 7.05 Å². The van der Waals surface area contributed by atoms with Crippen LogP contribution in [0.15, 0.2) is 65.7 Å². The maximum atomic E-state index is 13.7. The summed E-state index contributed by atoms with van der Waals surface area (Å²) in [6.07, 6.45) is 3.70. The van der Waals surface area contributed by atoms with Crippen LogP contribution < -0.4 is 10.9 Å². The Morgan fingerprint density at radius 1 is 1.14 bits per heavy atom. The molecule has 0 radical (unpaired) electrons. The molecule has 0 spiro atoms. The molecule has 8 nitrogen and oxygen atoms in total. The number of nitrogens with one attached hydrogen (secondary N) is 1. The highest BCUT2D eigenvalue weighted by atomic mass is 19.1. The molecule has 5 rings (SSSR count). The number of halogens is 1. The van der Waals surface area contributed by atoms with Gasteiger partial charge in [-0.3, -0.25) is 9.36 Å². The zero-order valence-electron chi connectivity index (χ0n) is 19.1. The Morgan fingerprint density at radius 2 is 1.94 bits per heavy atom. The zero-order chi connectivity index (χ0) is 24.7. The van der Waals surface area contributed by atoms with Gasteiger partial charge >= 0.3 is 5.97 Å². The molecule has 0 amide bonds. The van der Waals surface area contributed by atoms with Crippen molar-refractivity contribution in [2.75, 3.05) is 11.9 Å². The standard InChI is InChI=1S/C26H22FN5O3/c1-15-11-16(7-9-28-21-6-4-3-5-18(21)26(34)35)23-19(12-15)25(33)31(2)24-20(23)14-32(30-24)17-8-10-29-22(27)13-17/h3-6,8,10-14,28H,7,9H2,1-2H3,(H,34,35). The van der Waals surface area contributed by atoms with Crippen LogP contribution in [-0.2, 0) is 13.5 Å². The van der Waals surface area contributed by atoms with Crippen LogP contribution in [0.4, 0.5) is 10.1 Å². The third-order valence-electron chi connectivity index (χ3n) is 6.02. The maximum absolute atomic E-state index is 13.7. The van der Waals surface area contributed by atoms with Gasteiger partial charge in [0.05, 0.1) is 11.3 Å². The van der Waals surface area contributed by atoms with Gasteiger partial charge < -0.3 is 10.4 Å². The zero-order valence-corrected chi connectivity index (χ0v) is 19.1. The van der Waals surface area contributed by atoms with Crippen molar-refractivity contribution in [3.8, 4) is 5.69 Å². The number of nitrogens with zero attached hydrogens (tertiary/aromatic N) is 4. The normalized spacial score (nSPS) is 11.3. The summed E-state index contributed by atoms with van der Waals surface area (Å²) >= 11 is 0. The molecule has 176 valence electrons. The highest BCUT2D eigenvalue weighted by Crippen LogP contribution is 2.28. The molecule has 0 saturated heterocycles. The molecule has 9 heteroatoms. The van der Waals surface area contributed by atoms with Crippen molar-refractivity contribution < 1.29 is 14.3 Å². The molecule has 3 heterocycles. The van der Waals surface area contributed by atoms with E-state index in [1.165, 1.54) is 16.8 Å². The topological polar surface area (TPSA) is 102 Å². The number of aryl methyl sites for hydroxylation is 2. The van der Waals surface area contributed by atoms with E-state index in [1.807, 2.05) is 19.1 Å². The summed E-state index contributed by atoms with van der Waals surface area (Å²) in [7, 11) is 1.67. The first-order chi connectivity index (χ1) is 16.8. The Hall–Kier alpha value is -4.53. The van der Waals surface area contributed by atoms with Crippen LogP contribution in [0.5, 0.6) is 0 Å². The summed E-state index contributed by atoms with van der Waals surface area (Å²) in [6.45, 7) is 2.39. The van der Waals surface area contributed by atoms with E-state index in [-0.39, 0.29) is 11.1 Å². The molecule has 2 aromatic carbocycles. The Labute approximate surface area is 199 Å². The fourth-order valence-corrected chi connectivity index (χ4v) is 4.43. The lowest BCUT2D eigenvalue weighted by Crippen LogP contribution is -2.18. The van der Waals surface area contributed by atoms with Crippen molar-refractivity contribution in [1.29, 1.82) is 0 Å². The summed E-state index contributed by atoms with van der Waals surface area (Å²) < 4.78 is 16.8. The largest absolute Gasteiger partial charge is 0.478 e. The van der Waals surface area contributed by atoms with Crippen molar-refractivity contribution in [3.63, 3.8) is 0 Å². The van der Waals surface area contributed by atoms with E-state index in [4.69, 9.17) is 0 Å². The van der Waals surface area contributed by atoms with Crippen molar-refractivity contribution in [3.05, 3.63) is 93.9 Å². The maximum Gasteiger partial charge on any atom is 0.337 e. The van der Waals surface area contributed by atoms with E-state index < -0.39 is 11.9 Å². The van der Waals surface area contributed by atoms with Gasteiger partial charge in [-0.05, 0) is 43.2 Å². The monoisotopic (exact) mass is 471 g/mol. The van der Waals surface area contributed by atoms with E-state index in [1.54, 1.807) is 48.3 Å². The number of benzene rings is 2. The Bertz CT molecular complexity index is 1670. The van der Waals surface area contributed by atoms with Gasteiger partial charge in [-0.1, -0.05) is 23.8 Å². The first kappa shape index (κ1) is 22.3. The predicted molar refractivity (Wildman–Crippen MR) is 132 cm³/mol. The fraction of sp³-hybridized carbons (Fsp3) is 0.154. The summed E-state index contributed by atoms with van der Waals surface area (Å²) in [6, 6.07) is 13.5. The van der Waals surface area contributed by atoms with Crippen LogP contribution >= 0.6 is 0 Å². The highest BCUT2D eigenvalue weighted by molar-refractivity contribution is 6.06. The summed E-state index contributed by atoms with van der Waals surface area (Å²) in [5.74, 6) is -1.62. The second-order valence-electron chi connectivity index (χ2n) is 8.39. The van der Waals surface area contributed by atoms with Crippen LogP contribution in [-0.4, -0.2) is 37.0 Å². The third-order valence-corrected chi connectivity index (χ3v) is 6.02. The molecule has 0 saturated carbocycles. The molecule has 0 fully saturated rings. The SMILES string of the molecule is Cc1cc(CCNc2ccccc2C(=O)O)c2c(c1)c(=O)n(C)c1nn(-c3ccnc(F)c3)cc21. The number of carboxylic acids is 1. The number of aromatic carboxylic acids is 1. The summed E-state index contributed by atoms with van der Waals surface area (Å²) in [5, 5.41) is 19.3. The number of para-hydroxylation sites is 1. The van der Waals surface area contributed by atoms with Crippen molar-refractivity contribution in [1.82, 2.24) is 19.3 Å². The summed E-state index contributed by atoms with van der Waals surface area (Å²) in [4.78, 5) is 28.3. The quantitative estimate of drug-likeness (QED) is 0.362. The molecule has 0 aliphatic rings. The Morgan fingerprint density at radius 3 is 2.71 bits per heavy atom. The van der Waals surface area contributed by atoms with Crippen LogP contribution in [0.1, 0.15) is 21.5 Å². The molecule has 35 heavy (non-hydrogen) atoms. The van der Waals surface area contributed by atoms with Gasteiger partial charge in [-0.25, -0.2) is 14.5 Å². The van der Waals surface area contributed by atoms with Gasteiger partial charge in [-0.15, -0.1) is 5.10 Å². The number of aromatic nitrogens is 4. The third kappa shape index (κ3) is 4.01. The second-order valence-corrected chi connectivity index (χ2v) is 8.39. The molecular weight excluding hydrogens is 449 g/mol. The molecule has 0 unspecified atom stereocenters. The predicted octanol–water partition coefficient (Wildman–Crippen LogP) is 4.07. The highest BCUT2D eigenvalue weighted by Gasteiger charge is 2.17. The first-order valence-electron chi connectivity index (χ1n) is 11.0. The minimum atomic E-state index is -1.00. The molecule has 0 aliphatic carbocycles. The molecule has 0 atom stereocenters. The van der Waals surface area contributed by atoms with Gasteiger partial charge in [0.1, 0.15) is 0 Å². The minimum Gasteiger partial charge on any atom is -0.478 e. The average Bonchev–Trinajstić information content (AvgIpc) is 3.28. The molecule has 0 bridgehead atoms. The molecule has 2 N–H and O–H groups in total. The second kappa shape index (κ2) is 8.68. The molecular formula is C26H22FN5O3. The summed E-state index contributed by atoms with van der Waals surface area (Å²) in [5.41, 5.74) is 3.41. The minimum absolute atomic E-state index is 0.173. The Balaban J connectivity index is 1.61. The van der Waals surface area contributed by atoms with Crippen LogP contribution in [0.25, 0.3) is 27.5 Å². The van der Waals surface area contributed by atoms with Gasteiger partial charge in [-0.2, -0.15) is 4.39 Å². The number of fused-ring (bicyclic) bond motifs is 3. The van der Waals surface area contributed by atoms with Crippen molar-refractivity contribution >= 4 is 33.5 Å². The Kier molecular flexibility index (Phi) is 5.52. The van der Waals surface area contributed by atoms with Gasteiger partial charge in [0.2, 0.25) is 5.95 Å². The van der Waals surface area contributed by atoms with Crippen LogP contribution in [0.2, 0.25) is 0 Å². The molecule has 0 aliphatic heterocycles. The van der Waals surface area contributed by atoms with Crippen LogP contribution in [0.3, 0.4) is 0 Å². The van der Waals surface area contributed by atoms with E-state index in [9.17, 15) is 19.1 Å². The number of rotatable bonds is 6. The van der Waals surface area contributed by atoms with E-state index >= 15 is 0 Å². The number of hydrogen-bond acceptors (Lipinski definition) is 5. The lowest BCUT2D eigenvalue weighted by atomic mass is 9.98. The molecule has 5 aromatic rings. The van der Waals surface area contributed by atoms with E-state index in [0.29, 0.717) is 35.4 Å². The number of carboxylic acid groups (broad SMARTS) is 1. The van der Waals surface area contributed by atoms with Gasteiger partial charge in [0.25, 0.3) is 5.56 Å². The molecule has 3 aromatic heterocycles. The van der Waals surface area contributed by atoms with Gasteiger partial charge in [0.15, 0.2) is 5.65 Å². The fourth-order valence-electron chi connectivity index (χ4n) is 4.43.